The van der Waals surface area contributed by atoms with E-state index in [9.17, 15) is 9.59 Å². The summed E-state index contributed by atoms with van der Waals surface area (Å²) < 4.78 is 0. The smallest absolute Gasteiger partial charge is 0.232 e. The highest BCUT2D eigenvalue weighted by molar-refractivity contribution is 6.06. The first-order chi connectivity index (χ1) is 8.15. The molecule has 2 amide bonds. The lowest BCUT2D eigenvalue weighted by Gasteiger charge is -2.17. The number of fused-ring (bicyclic) bond motifs is 1. The number of nitrogens with zero attached hydrogens (tertiary/aromatic N) is 2. The molecule has 0 aliphatic carbocycles. The minimum Gasteiger partial charge on any atom is -0.397 e. The molecular weight excluding hydrogens is 220 g/mol. The zero-order valence-corrected chi connectivity index (χ0v) is 9.09. The van der Waals surface area contributed by atoms with Gasteiger partial charge in [-0.1, -0.05) is 0 Å². The van der Waals surface area contributed by atoms with E-state index in [1.165, 1.54) is 0 Å². The SMILES string of the molecule is Nc1ccc(N2C[C@@H]3C(=O)NC(=O)[C@@H]3C2)nc1. The highest BCUT2D eigenvalue weighted by Gasteiger charge is 2.47. The number of carbonyl (C=O) groups is 2. The van der Waals surface area contributed by atoms with Gasteiger partial charge in [-0.25, -0.2) is 4.98 Å². The van der Waals surface area contributed by atoms with Gasteiger partial charge in [0.2, 0.25) is 11.8 Å². The molecule has 6 heteroatoms. The van der Waals surface area contributed by atoms with Crippen LogP contribution in [0, 0.1) is 11.8 Å². The summed E-state index contributed by atoms with van der Waals surface area (Å²) in [5.41, 5.74) is 6.16. The first-order valence-corrected chi connectivity index (χ1v) is 5.46. The second-order valence-corrected chi connectivity index (χ2v) is 4.42. The van der Waals surface area contributed by atoms with Crippen LogP contribution in [0.4, 0.5) is 11.5 Å². The van der Waals surface area contributed by atoms with E-state index >= 15 is 0 Å². The normalized spacial score (nSPS) is 27.2. The van der Waals surface area contributed by atoms with Crippen molar-refractivity contribution in [2.75, 3.05) is 23.7 Å². The van der Waals surface area contributed by atoms with Gasteiger partial charge in [0, 0.05) is 13.1 Å². The molecule has 1 aromatic rings. The molecule has 17 heavy (non-hydrogen) atoms. The summed E-state index contributed by atoms with van der Waals surface area (Å²) in [6.45, 7) is 1.08. The van der Waals surface area contributed by atoms with E-state index in [2.05, 4.69) is 10.3 Å². The van der Waals surface area contributed by atoms with E-state index in [4.69, 9.17) is 5.73 Å². The average Bonchev–Trinajstić information content (AvgIpc) is 2.83. The predicted molar refractivity (Wildman–Crippen MR) is 61.0 cm³/mol. The van der Waals surface area contributed by atoms with Crippen LogP contribution in [0.3, 0.4) is 0 Å². The van der Waals surface area contributed by atoms with Gasteiger partial charge in [-0.2, -0.15) is 0 Å². The van der Waals surface area contributed by atoms with Gasteiger partial charge >= 0.3 is 0 Å². The fourth-order valence-electron chi connectivity index (χ4n) is 2.41. The van der Waals surface area contributed by atoms with Gasteiger partial charge in [0.25, 0.3) is 0 Å². The Morgan fingerprint density at radius 3 is 2.41 bits per heavy atom. The molecule has 0 saturated carbocycles. The number of nitrogens with two attached hydrogens (primary N) is 1. The number of nitrogens with one attached hydrogen (secondary N) is 1. The van der Waals surface area contributed by atoms with Crippen molar-refractivity contribution in [2.24, 2.45) is 11.8 Å². The van der Waals surface area contributed by atoms with Gasteiger partial charge < -0.3 is 10.6 Å². The fourth-order valence-corrected chi connectivity index (χ4v) is 2.41. The van der Waals surface area contributed by atoms with Gasteiger partial charge in [0.15, 0.2) is 0 Å². The molecule has 3 heterocycles. The summed E-state index contributed by atoms with van der Waals surface area (Å²) in [6.07, 6.45) is 1.57. The first-order valence-electron chi connectivity index (χ1n) is 5.46. The Morgan fingerprint density at radius 2 is 1.88 bits per heavy atom. The zero-order valence-electron chi connectivity index (χ0n) is 9.09. The van der Waals surface area contributed by atoms with Crippen molar-refractivity contribution in [3.8, 4) is 0 Å². The number of aromatic nitrogens is 1. The van der Waals surface area contributed by atoms with Crippen molar-refractivity contribution in [3.05, 3.63) is 18.3 Å². The van der Waals surface area contributed by atoms with Crippen LogP contribution in [0.25, 0.3) is 0 Å². The Bertz CT molecular complexity index is 463. The minimum atomic E-state index is -0.234. The number of hydrogen-bond acceptors (Lipinski definition) is 5. The minimum absolute atomic E-state index is 0.169. The Morgan fingerprint density at radius 1 is 1.24 bits per heavy atom. The number of imide groups is 1. The Kier molecular flexibility index (Phi) is 2.04. The molecule has 0 unspecified atom stereocenters. The van der Waals surface area contributed by atoms with E-state index in [0.29, 0.717) is 18.8 Å². The molecule has 2 saturated heterocycles. The lowest BCUT2D eigenvalue weighted by Crippen LogP contribution is -2.31. The summed E-state index contributed by atoms with van der Waals surface area (Å²) in [5.74, 6) is -0.0474. The van der Waals surface area contributed by atoms with E-state index in [1.807, 2.05) is 4.90 Å². The van der Waals surface area contributed by atoms with Crippen LogP contribution >= 0.6 is 0 Å². The highest BCUT2D eigenvalue weighted by Crippen LogP contribution is 2.30. The third-order valence-corrected chi connectivity index (χ3v) is 3.33. The monoisotopic (exact) mass is 232 g/mol. The maximum atomic E-state index is 11.5. The van der Waals surface area contributed by atoms with Gasteiger partial charge in [0.1, 0.15) is 5.82 Å². The van der Waals surface area contributed by atoms with Crippen LogP contribution in [0.1, 0.15) is 0 Å². The summed E-state index contributed by atoms with van der Waals surface area (Å²) in [7, 11) is 0. The molecule has 6 nitrogen and oxygen atoms in total. The predicted octanol–water partition coefficient (Wildman–Crippen LogP) is -0.627. The van der Waals surface area contributed by atoms with Gasteiger partial charge in [-0.05, 0) is 12.1 Å². The second-order valence-electron chi connectivity index (χ2n) is 4.42. The Balaban J connectivity index is 1.83. The second kappa shape index (κ2) is 3.44. The number of rotatable bonds is 1. The number of nitrogen functional groups attached to an aromatic ring is 1. The number of carbonyl (C=O) groups excluding carboxylic acids is 2. The summed E-state index contributed by atoms with van der Waals surface area (Å²) >= 11 is 0. The molecule has 0 bridgehead atoms. The van der Waals surface area contributed by atoms with Crippen LogP contribution in [-0.4, -0.2) is 29.9 Å². The standard InChI is InChI=1S/C11H12N4O2/c12-6-1-2-9(13-3-6)15-4-7-8(5-15)11(17)14-10(7)16/h1-3,7-8H,4-5,12H2,(H,14,16,17)/t7-,8+. The molecule has 1 aromatic heterocycles. The Hall–Kier alpha value is -2.11. The third kappa shape index (κ3) is 1.52. The highest BCUT2D eigenvalue weighted by atomic mass is 16.2. The lowest BCUT2D eigenvalue weighted by atomic mass is 10.00. The molecule has 0 spiro atoms. The average molecular weight is 232 g/mol. The van der Waals surface area contributed by atoms with Crippen LogP contribution in [-0.2, 0) is 9.59 Å². The molecule has 2 aliphatic rings. The summed E-state index contributed by atoms with van der Waals surface area (Å²) in [5, 5.41) is 2.35. The van der Waals surface area contributed by atoms with Crippen molar-refractivity contribution in [3.63, 3.8) is 0 Å². The van der Waals surface area contributed by atoms with E-state index in [-0.39, 0.29) is 23.7 Å². The van der Waals surface area contributed by atoms with Crippen molar-refractivity contribution < 1.29 is 9.59 Å². The molecule has 88 valence electrons. The fraction of sp³-hybridized carbons (Fsp3) is 0.364. The van der Waals surface area contributed by atoms with E-state index in [0.717, 1.165) is 5.82 Å². The molecule has 3 N–H and O–H groups in total. The summed E-state index contributed by atoms with van der Waals surface area (Å²) in [4.78, 5) is 29.1. The Labute approximate surface area is 97.8 Å². The molecule has 2 atom stereocenters. The van der Waals surface area contributed by atoms with Crippen LogP contribution in [0.15, 0.2) is 18.3 Å². The first kappa shape index (κ1) is 10.1. The molecular formula is C11H12N4O2. The van der Waals surface area contributed by atoms with E-state index in [1.54, 1.807) is 18.3 Å². The van der Waals surface area contributed by atoms with Crippen LogP contribution in [0.5, 0.6) is 0 Å². The van der Waals surface area contributed by atoms with Crippen LogP contribution < -0.4 is 16.0 Å². The number of amides is 2. The number of pyridine rings is 1. The van der Waals surface area contributed by atoms with Crippen molar-refractivity contribution in [1.29, 1.82) is 0 Å². The zero-order chi connectivity index (χ0) is 12.0. The van der Waals surface area contributed by atoms with Gasteiger partial charge in [0.05, 0.1) is 23.7 Å². The summed E-state index contributed by atoms with van der Waals surface area (Å²) in [6, 6.07) is 3.57. The third-order valence-electron chi connectivity index (χ3n) is 3.33. The molecule has 3 rings (SSSR count). The maximum Gasteiger partial charge on any atom is 0.232 e. The number of hydrogen-bond donors (Lipinski definition) is 2. The lowest BCUT2D eigenvalue weighted by molar-refractivity contribution is -0.126. The molecule has 0 aromatic carbocycles. The number of anilines is 2. The topological polar surface area (TPSA) is 88.3 Å². The van der Waals surface area contributed by atoms with Crippen molar-refractivity contribution in [2.45, 2.75) is 0 Å². The maximum absolute atomic E-state index is 11.5. The quantitative estimate of drug-likeness (QED) is 0.629. The molecule has 2 aliphatic heterocycles. The molecule has 2 fully saturated rings. The molecule has 0 radical (unpaired) electrons. The van der Waals surface area contributed by atoms with Crippen LogP contribution in [0.2, 0.25) is 0 Å². The van der Waals surface area contributed by atoms with Gasteiger partial charge in [-0.3, -0.25) is 14.9 Å². The largest absolute Gasteiger partial charge is 0.397 e. The van der Waals surface area contributed by atoms with Gasteiger partial charge in [-0.15, -0.1) is 0 Å². The van der Waals surface area contributed by atoms with Crippen molar-refractivity contribution in [1.82, 2.24) is 10.3 Å². The van der Waals surface area contributed by atoms with E-state index < -0.39 is 0 Å². The van der Waals surface area contributed by atoms with Crippen molar-refractivity contribution >= 4 is 23.3 Å².